The zero-order valence-electron chi connectivity index (χ0n) is 13.3. The summed E-state index contributed by atoms with van der Waals surface area (Å²) in [7, 11) is 0. The van der Waals surface area contributed by atoms with Gasteiger partial charge in [-0.1, -0.05) is 49.2 Å². The fourth-order valence-electron chi connectivity index (χ4n) is 3.17. The summed E-state index contributed by atoms with van der Waals surface area (Å²) >= 11 is 0. The quantitative estimate of drug-likeness (QED) is 0.366. The lowest BCUT2D eigenvalue weighted by Crippen LogP contribution is -2.21. The number of hydrogen-bond donors (Lipinski definition) is 0. The number of rotatable bonds is 6. The van der Waals surface area contributed by atoms with E-state index in [9.17, 15) is 4.79 Å². The minimum Gasteiger partial charge on any atom is -0.308 e. The summed E-state index contributed by atoms with van der Waals surface area (Å²) in [5.41, 5.74) is 1.14. The number of aryl methyl sites for hydroxylation is 1. The van der Waals surface area contributed by atoms with Crippen molar-refractivity contribution >= 4 is 21.7 Å². The molecule has 0 spiro atoms. The van der Waals surface area contributed by atoms with Gasteiger partial charge < -0.3 is 4.57 Å². The second kappa shape index (κ2) is 7.15. The van der Waals surface area contributed by atoms with Crippen LogP contribution in [0.5, 0.6) is 0 Å². The molecule has 0 N–H and O–H groups in total. The Morgan fingerprint density at radius 2 is 1.48 bits per heavy atom. The molecule has 2 nitrogen and oxygen atoms in total. The van der Waals surface area contributed by atoms with Crippen LogP contribution < -0.4 is 5.56 Å². The van der Waals surface area contributed by atoms with Gasteiger partial charge in [-0.25, -0.2) is 0 Å². The third kappa shape index (κ3) is 3.14. The third-order valence-electron chi connectivity index (χ3n) is 4.34. The highest BCUT2D eigenvalue weighted by molar-refractivity contribution is 6.05. The van der Waals surface area contributed by atoms with Crippen molar-refractivity contribution in [2.45, 2.75) is 38.6 Å². The van der Waals surface area contributed by atoms with E-state index < -0.39 is 0 Å². The number of nitrogens with zero attached hydrogens (tertiary/aromatic N) is 1. The van der Waals surface area contributed by atoms with Crippen LogP contribution in [0.2, 0.25) is 0 Å². The highest BCUT2D eigenvalue weighted by atomic mass is 16.1. The van der Waals surface area contributed by atoms with Gasteiger partial charge in [0.25, 0.3) is 5.56 Å². The average molecular weight is 303 g/mol. The van der Waals surface area contributed by atoms with Crippen LogP contribution in [0.25, 0.3) is 21.7 Å². The van der Waals surface area contributed by atoms with Crippen molar-refractivity contribution in [3.8, 4) is 12.3 Å². The molecule has 0 unspecified atom stereocenters. The van der Waals surface area contributed by atoms with E-state index in [2.05, 4.69) is 12.0 Å². The molecule has 0 amide bonds. The summed E-state index contributed by atoms with van der Waals surface area (Å²) in [5.74, 6) is 2.67. The standard InChI is InChI=1S/C21H21NO/c1-2-3-4-5-6-11-16-22-20-15-10-9-13-18(20)17-12-7-8-14-19(17)21(22)23/h1,7-10,12-15H,3-6,11,16H2. The first kappa shape index (κ1) is 15.4. The van der Waals surface area contributed by atoms with Crippen molar-refractivity contribution in [3.05, 3.63) is 58.9 Å². The van der Waals surface area contributed by atoms with Crippen molar-refractivity contribution in [2.75, 3.05) is 0 Å². The number of terminal acetylenes is 1. The Morgan fingerprint density at radius 1 is 0.826 bits per heavy atom. The van der Waals surface area contributed by atoms with Crippen molar-refractivity contribution < 1.29 is 0 Å². The molecule has 3 rings (SSSR count). The first-order valence-corrected chi connectivity index (χ1v) is 8.26. The van der Waals surface area contributed by atoms with Gasteiger partial charge in [-0.3, -0.25) is 4.79 Å². The predicted molar refractivity (Wildman–Crippen MR) is 97.6 cm³/mol. The molecule has 2 aromatic carbocycles. The molecular weight excluding hydrogens is 282 g/mol. The lowest BCUT2D eigenvalue weighted by atomic mass is 10.1. The molecule has 116 valence electrons. The molecule has 1 aromatic heterocycles. The first-order chi connectivity index (χ1) is 11.3. The second-order valence-electron chi connectivity index (χ2n) is 5.89. The number of fused-ring (bicyclic) bond motifs is 3. The van der Waals surface area contributed by atoms with Crippen LogP contribution in [0.1, 0.15) is 32.1 Å². The van der Waals surface area contributed by atoms with Crippen LogP contribution in [0, 0.1) is 12.3 Å². The highest BCUT2D eigenvalue weighted by Gasteiger charge is 2.09. The van der Waals surface area contributed by atoms with E-state index in [1.165, 1.54) is 0 Å². The van der Waals surface area contributed by atoms with Crippen molar-refractivity contribution in [2.24, 2.45) is 0 Å². The maximum absolute atomic E-state index is 12.8. The maximum Gasteiger partial charge on any atom is 0.258 e. The Hall–Kier alpha value is -2.53. The molecule has 0 aliphatic heterocycles. The van der Waals surface area contributed by atoms with Crippen molar-refractivity contribution in [1.82, 2.24) is 4.57 Å². The summed E-state index contributed by atoms with van der Waals surface area (Å²) < 4.78 is 1.93. The van der Waals surface area contributed by atoms with E-state index in [0.29, 0.717) is 0 Å². The van der Waals surface area contributed by atoms with Crippen molar-refractivity contribution in [3.63, 3.8) is 0 Å². The highest BCUT2D eigenvalue weighted by Crippen LogP contribution is 2.22. The largest absolute Gasteiger partial charge is 0.308 e. The Balaban J connectivity index is 1.94. The molecule has 0 saturated heterocycles. The molecular formula is C21H21NO. The van der Waals surface area contributed by atoms with Gasteiger partial charge in [-0.15, -0.1) is 12.3 Å². The molecule has 1 heterocycles. The number of benzene rings is 2. The van der Waals surface area contributed by atoms with Gasteiger partial charge in [0, 0.05) is 23.7 Å². The van der Waals surface area contributed by atoms with E-state index in [1.807, 2.05) is 47.0 Å². The SMILES string of the molecule is C#CCCCCCCn1c(=O)c2ccccc2c2ccccc21. The minimum absolute atomic E-state index is 0.114. The zero-order valence-corrected chi connectivity index (χ0v) is 13.3. The monoisotopic (exact) mass is 303 g/mol. The van der Waals surface area contributed by atoms with Gasteiger partial charge in [-0.05, 0) is 30.4 Å². The predicted octanol–water partition coefficient (Wildman–Crippen LogP) is 4.74. The van der Waals surface area contributed by atoms with Gasteiger partial charge in [0.2, 0.25) is 0 Å². The molecule has 0 atom stereocenters. The molecule has 0 fully saturated rings. The molecule has 0 saturated carbocycles. The number of para-hydroxylation sites is 1. The molecule has 0 aliphatic rings. The molecule has 0 radical (unpaired) electrons. The van der Waals surface area contributed by atoms with Gasteiger partial charge in [0.1, 0.15) is 0 Å². The zero-order chi connectivity index (χ0) is 16.1. The van der Waals surface area contributed by atoms with Gasteiger partial charge >= 0.3 is 0 Å². The van der Waals surface area contributed by atoms with Gasteiger partial charge in [0.15, 0.2) is 0 Å². The lowest BCUT2D eigenvalue weighted by Gasteiger charge is -2.13. The Labute approximate surface area is 136 Å². The summed E-state index contributed by atoms with van der Waals surface area (Å²) in [4.78, 5) is 12.8. The second-order valence-corrected chi connectivity index (χ2v) is 5.89. The summed E-state index contributed by atoms with van der Waals surface area (Å²) in [6.45, 7) is 0.764. The van der Waals surface area contributed by atoms with E-state index in [1.54, 1.807) is 0 Å². The molecule has 2 heteroatoms. The molecule has 0 bridgehead atoms. The van der Waals surface area contributed by atoms with Crippen LogP contribution >= 0.6 is 0 Å². The number of aromatic nitrogens is 1. The molecule has 3 aromatic rings. The normalized spacial score (nSPS) is 10.9. The average Bonchev–Trinajstić information content (AvgIpc) is 2.60. The smallest absolute Gasteiger partial charge is 0.258 e. The Kier molecular flexibility index (Phi) is 4.78. The molecule has 23 heavy (non-hydrogen) atoms. The van der Waals surface area contributed by atoms with Crippen LogP contribution in [0.4, 0.5) is 0 Å². The maximum atomic E-state index is 12.8. The third-order valence-corrected chi connectivity index (χ3v) is 4.34. The summed E-state index contributed by atoms with van der Waals surface area (Å²) in [6.07, 6.45) is 10.4. The fraction of sp³-hybridized carbons (Fsp3) is 0.286. The van der Waals surface area contributed by atoms with Crippen LogP contribution in [0.15, 0.2) is 53.3 Å². The van der Waals surface area contributed by atoms with Crippen LogP contribution in [0.3, 0.4) is 0 Å². The van der Waals surface area contributed by atoms with E-state index >= 15 is 0 Å². The number of pyridine rings is 1. The summed E-state index contributed by atoms with van der Waals surface area (Å²) in [5, 5.41) is 2.99. The van der Waals surface area contributed by atoms with E-state index in [-0.39, 0.29) is 5.56 Å². The molecule has 0 aliphatic carbocycles. The Morgan fingerprint density at radius 3 is 2.26 bits per heavy atom. The van der Waals surface area contributed by atoms with Gasteiger partial charge in [-0.2, -0.15) is 0 Å². The van der Waals surface area contributed by atoms with E-state index in [4.69, 9.17) is 6.42 Å². The van der Waals surface area contributed by atoms with E-state index in [0.717, 1.165) is 60.3 Å². The lowest BCUT2D eigenvalue weighted by molar-refractivity contribution is 0.578. The minimum atomic E-state index is 0.114. The fourth-order valence-corrected chi connectivity index (χ4v) is 3.17. The topological polar surface area (TPSA) is 22.0 Å². The summed E-state index contributed by atoms with van der Waals surface area (Å²) in [6, 6.07) is 16.1. The first-order valence-electron chi connectivity index (χ1n) is 8.26. The number of unbranched alkanes of at least 4 members (excludes halogenated alkanes) is 4. The van der Waals surface area contributed by atoms with Crippen molar-refractivity contribution in [1.29, 1.82) is 0 Å². The van der Waals surface area contributed by atoms with Gasteiger partial charge in [0.05, 0.1) is 5.52 Å². The Bertz CT molecular complexity index is 914. The number of hydrogen-bond acceptors (Lipinski definition) is 1. The van der Waals surface area contributed by atoms with Crippen LogP contribution in [-0.4, -0.2) is 4.57 Å². The van der Waals surface area contributed by atoms with Crippen LogP contribution in [-0.2, 0) is 6.54 Å².